The Balaban J connectivity index is 1.79. The molecule has 0 atom stereocenters. The Morgan fingerprint density at radius 3 is 1.25 bits per heavy atom. The van der Waals surface area contributed by atoms with Gasteiger partial charge in [-0.1, -0.05) is 12.1 Å². The van der Waals surface area contributed by atoms with E-state index in [4.69, 9.17) is 0 Å². The molecule has 2 aliphatic heterocycles. The minimum Gasteiger partial charge on any atom is -0.302 e. The van der Waals surface area contributed by atoms with Gasteiger partial charge in [-0.25, -0.2) is 0 Å². The summed E-state index contributed by atoms with van der Waals surface area (Å²) in [6.45, 7) is -0.635. The van der Waals surface area contributed by atoms with Crippen molar-refractivity contribution < 1.29 is 45.5 Å². The molecular formula is C30H18F6N4O4. The number of hydrogen-bond donors (Lipinski definition) is 2. The Labute approximate surface area is 242 Å². The van der Waals surface area contributed by atoms with Crippen LogP contribution in [0.25, 0.3) is 43.1 Å². The first-order valence-corrected chi connectivity index (χ1v) is 13.2. The van der Waals surface area contributed by atoms with Crippen molar-refractivity contribution in [2.45, 2.75) is 12.4 Å². The highest BCUT2D eigenvalue weighted by atomic mass is 19.4. The number of benzene rings is 5. The molecule has 224 valence electrons. The fraction of sp³-hybridized carbons (Fsp3) is 0.200. The van der Waals surface area contributed by atoms with E-state index < -0.39 is 81.1 Å². The fourth-order valence-electron chi connectivity index (χ4n) is 6.62. The van der Waals surface area contributed by atoms with Gasteiger partial charge in [-0.05, 0) is 54.5 Å². The number of carbonyl (C=O) groups excluding carboxylic acids is 4. The molecule has 0 aliphatic carbocycles. The van der Waals surface area contributed by atoms with E-state index in [9.17, 15) is 45.5 Å². The lowest BCUT2D eigenvalue weighted by Gasteiger charge is -2.32. The lowest BCUT2D eigenvalue weighted by molar-refractivity contribution is -0.136. The van der Waals surface area contributed by atoms with E-state index >= 15 is 0 Å². The number of rotatable bonds is 4. The molecule has 14 heteroatoms. The van der Waals surface area contributed by atoms with Crippen molar-refractivity contribution in [2.24, 2.45) is 0 Å². The normalized spacial score (nSPS) is 15.7. The fourth-order valence-corrected chi connectivity index (χ4v) is 6.62. The first-order chi connectivity index (χ1) is 20.7. The molecule has 0 spiro atoms. The summed E-state index contributed by atoms with van der Waals surface area (Å²) in [5.41, 5.74) is -4.07. The molecule has 2 heterocycles. The van der Waals surface area contributed by atoms with Crippen molar-refractivity contribution in [1.29, 1.82) is 0 Å². The van der Waals surface area contributed by atoms with E-state index in [1.165, 1.54) is 38.4 Å². The second kappa shape index (κ2) is 8.86. The van der Waals surface area contributed by atoms with Crippen LogP contribution in [0.4, 0.5) is 26.3 Å². The van der Waals surface area contributed by atoms with Crippen molar-refractivity contribution in [3.63, 3.8) is 0 Å². The first kappa shape index (κ1) is 28.0. The quantitative estimate of drug-likeness (QED) is 0.123. The van der Waals surface area contributed by atoms with E-state index in [1.54, 1.807) is 0 Å². The van der Waals surface area contributed by atoms with Crippen LogP contribution < -0.4 is 10.6 Å². The Morgan fingerprint density at radius 2 is 0.886 bits per heavy atom. The van der Waals surface area contributed by atoms with Gasteiger partial charge in [0.2, 0.25) is 0 Å². The predicted molar refractivity (Wildman–Crippen MR) is 147 cm³/mol. The summed E-state index contributed by atoms with van der Waals surface area (Å²) >= 11 is 0. The molecule has 4 amide bonds. The van der Waals surface area contributed by atoms with Crippen LogP contribution in [0.5, 0.6) is 0 Å². The van der Waals surface area contributed by atoms with Gasteiger partial charge in [0.15, 0.2) is 0 Å². The average Bonchev–Trinajstić information content (AvgIpc) is 2.96. The Bertz CT molecular complexity index is 2030. The number of fused-ring (bicyclic) bond motifs is 2. The monoisotopic (exact) mass is 612 g/mol. The second-order valence-electron chi connectivity index (χ2n) is 10.6. The standard InChI is InChI=1S/C30H18F6N4O4/c1-37-9-39-25(41)13-5-3-11-19-12(4-6-14(20(13)19)26(39)42)23-18(30(34,35)36)8-16-21-15(27(43)40(10-38-2)28(16)44)7-17(29(31,32)33)22(11)24(21)23/h3-8,37-38H,9-10H2,1-2H3. The number of nitrogens with one attached hydrogen (secondary N) is 2. The second-order valence-corrected chi connectivity index (χ2v) is 10.6. The van der Waals surface area contributed by atoms with Gasteiger partial charge < -0.3 is 10.6 Å². The van der Waals surface area contributed by atoms with Crippen LogP contribution in [-0.2, 0) is 12.4 Å². The van der Waals surface area contributed by atoms with E-state index in [0.29, 0.717) is 17.0 Å². The van der Waals surface area contributed by atoms with E-state index in [0.717, 1.165) is 4.90 Å². The highest BCUT2D eigenvalue weighted by Crippen LogP contribution is 2.53. The predicted octanol–water partition coefficient (Wildman–Crippen LogP) is 5.32. The van der Waals surface area contributed by atoms with Gasteiger partial charge in [-0.2, -0.15) is 26.3 Å². The molecule has 0 unspecified atom stereocenters. The van der Waals surface area contributed by atoms with Gasteiger partial charge in [-0.15, -0.1) is 0 Å². The van der Waals surface area contributed by atoms with Gasteiger partial charge in [0.05, 0.1) is 24.5 Å². The maximum absolute atomic E-state index is 14.8. The molecule has 2 N–H and O–H groups in total. The SMILES string of the molecule is CNCN1C(=O)c2ccc3c4c(C(F)(F)F)cc5c6c(cc(C(F)(F)F)c(c7ccc(c2c37)C1=O)c64)C(=O)N(CNC)C5=O. The van der Waals surface area contributed by atoms with Gasteiger partial charge in [-0.3, -0.25) is 29.0 Å². The largest absolute Gasteiger partial charge is 0.417 e. The number of alkyl halides is 6. The highest BCUT2D eigenvalue weighted by Gasteiger charge is 2.44. The molecule has 0 saturated carbocycles. The summed E-state index contributed by atoms with van der Waals surface area (Å²) in [5.74, 6) is -3.75. The van der Waals surface area contributed by atoms with E-state index in [-0.39, 0.29) is 44.7 Å². The van der Waals surface area contributed by atoms with Crippen molar-refractivity contribution in [1.82, 2.24) is 20.4 Å². The molecule has 0 fully saturated rings. The molecule has 0 radical (unpaired) electrons. The van der Waals surface area contributed by atoms with Crippen LogP contribution in [0.1, 0.15) is 52.6 Å². The van der Waals surface area contributed by atoms with Crippen LogP contribution in [0, 0.1) is 0 Å². The molecule has 44 heavy (non-hydrogen) atoms. The summed E-state index contributed by atoms with van der Waals surface area (Å²) < 4.78 is 89.1. The number of halogens is 6. The van der Waals surface area contributed by atoms with Crippen LogP contribution in [0.15, 0.2) is 36.4 Å². The Kier molecular flexibility index (Phi) is 5.63. The molecule has 2 aliphatic rings. The van der Waals surface area contributed by atoms with Gasteiger partial charge in [0, 0.05) is 49.2 Å². The topological polar surface area (TPSA) is 98.8 Å². The van der Waals surface area contributed by atoms with E-state index in [2.05, 4.69) is 10.6 Å². The van der Waals surface area contributed by atoms with Crippen LogP contribution in [0.2, 0.25) is 0 Å². The Morgan fingerprint density at radius 1 is 0.523 bits per heavy atom. The number of hydrogen-bond acceptors (Lipinski definition) is 6. The van der Waals surface area contributed by atoms with Gasteiger partial charge in [0.25, 0.3) is 23.6 Å². The van der Waals surface area contributed by atoms with Crippen molar-refractivity contribution in [2.75, 3.05) is 27.4 Å². The van der Waals surface area contributed by atoms with Crippen molar-refractivity contribution in [3.05, 3.63) is 69.8 Å². The van der Waals surface area contributed by atoms with Gasteiger partial charge in [0.1, 0.15) is 0 Å². The van der Waals surface area contributed by atoms with Crippen LogP contribution in [0.3, 0.4) is 0 Å². The average molecular weight is 612 g/mol. The third-order valence-corrected chi connectivity index (χ3v) is 8.25. The number of nitrogens with zero attached hydrogens (tertiary/aromatic N) is 2. The minimum absolute atomic E-state index is 0.0697. The maximum Gasteiger partial charge on any atom is 0.417 e. The summed E-state index contributed by atoms with van der Waals surface area (Å²) in [5, 5.41) is 2.43. The lowest BCUT2D eigenvalue weighted by Crippen LogP contribution is -2.45. The molecule has 7 rings (SSSR count). The third-order valence-electron chi connectivity index (χ3n) is 8.25. The zero-order valence-electron chi connectivity index (χ0n) is 22.7. The van der Waals surface area contributed by atoms with Crippen molar-refractivity contribution in [3.8, 4) is 0 Å². The zero-order chi connectivity index (χ0) is 31.6. The van der Waals surface area contributed by atoms with Crippen molar-refractivity contribution >= 4 is 66.7 Å². The smallest absolute Gasteiger partial charge is 0.302 e. The first-order valence-electron chi connectivity index (χ1n) is 13.2. The molecule has 0 aromatic heterocycles. The van der Waals surface area contributed by atoms with E-state index in [1.807, 2.05) is 0 Å². The maximum atomic E-state index is 14.8. The summed E-state index contributed by atoms with van der Waals surface area (Å²) in [6, 6.07) is 5.98. The molecular weight excluding hydrogens is 594 g/mol. The summed E-state index contributed by atoms with van der Waals surface area (Å²) in [4.78, 5) is 54.9. The Hall–Kier alpha value is -4.82. The van der Waals surface area contributed by atoms with Crippen LogP contribution >= 0.6 is 0 Å². The molecule has 5 aromatic carbocycles. The number of amides is 4. The molecule has 8 nitrogen and oxygen atoms in total. The molecule has 5 aromatic rings. The molecule has 0 bridgehead atoms. The summed E-state index contributed by atoms with van der Waals surface area (Å²) in [7, 11) is 2.86. The van der Waals surface area contributed by atoms with Crippen LogP contribution in [-0.4, -0.2) is 60.9 Å². The highest BCUT2D eigenvalue weighted by molar-refractivity contribution is 6.42. The van der Waals surface area contributed by atoms with Gasteiger partial charge >= 0.3 is 12.4 Å². The lowest BCUT2D eigenvalue weighted by atomic mass is 9.79. The zero-order valence-corrected chi connectivity index (χ0v) is 22.7. The summed E-state index contributed by atoms with van der Waals surface area (Å²) in [6.07, 6.45) is -10.3. The number of carbonyl (C=O) groups is 4. The third kappa shape index (κ3) is 3.43. The number of imide groups is 2. The minimum atomic E-state index is -5.16. The molecule has 0 saturated heterocycles.